The lowest BCUT2D eigenvalue weighted by Gasteiger charge is -2.36. The molecule has 0 atom stereocenters. The van der Waals surface area contributed by atoms with Gasteiger partial charge in [-0.05, 0) is 42.5 Å². The van der Waals surface area contributed by atoms with Gasteiger partial charge in [-0.2, -0.15) is 0 Å². The van der Waals surface area contributed by atoms with E-state index in [1.54, 1.807) is 18.2 Å². The van der Waals surface area contributed by atoms with Crippen molar-refractivity contribution in [2.24, 2.45) is 0 Å². The van der Waals surface area contributed by atoms with Crippen LogP contribution in [0.25, 0.3) is 11.1 Å². The van der Waals surface area contributed by atoms with Gasteiger partial charge in [0.15, 0.2) is 5.58 Å². The van der Waals surface area contributed by atoms with Crippen LogP contribution in [0.5, 0.6) is 0 Å². The predicted molar refractivity (Wildman–Crippen MR) is 124 cm³/mol. The van der Waals surface area contributed by atoms with Crippen molar-refractivity contribution in [1.82, 2.24) is 9.88 Å². The number of halogens is 1. The Morgan fingerprint density at radius 3 is 2.58 bits per heavy atom. The molecular formula is C22H23ClN4O3S. The van der Waals surface area contributed by atoms with E-state index in [9.17, 15) is 9.59 Å². The number of rotatable bonds is 6. The van der Waals surface area contributed by atoms with Gasteiger partial charge in [0.25, 0.3) is 5.22 Å². The summed E-state index contributed by atoms with van der Waals surface area (Å²) in [5.41, 5.74) is 3.13. The second-order valence-corrected chi connectivity index (χ2v) is 8.56. The van der Waals surface area contributed by atoms with E-state index < -0.39 is 0 Å². The zero-order valence-electron chi connectivity index (χ0n) is 17.1. The molecule has 31 heavy (non-hydrogen) atoms. The van der Waals surface area contributed by atoms with Crippen LogP contribution in [0.3, 0.4) is 0 Å². The minimum Gasteiger partial charge on any atom is -0.431 e. The smallest absolute Gasteiger partial charge is 0.257 e. The van der Waals surface area contributed by atoms with E-state index in [0.717, 1.165) is 37.6 Å². The average molecular weight is 459 g/mol. The Hall–Kier alpha value is -2.71. The highest BCUT2D eigenvalue weighted by Gasteiger charge is 2.20. The molecule has 0 spiro atoms. The largest absolute Gasteiger partial charge is 0.431 e. The molecule has 1 N–H and O–H groups in total. The Kier molecular flexibility index (Phi) is 6.67. The molecule has 7 nitrogen and oxygen atoms in total. The Bertz CT molecular complexity index is 1080. The maximum Gasteiger partial charge on any atom is 0.257 e. The van der Waals surface area contributed by atoms with Crippen molar-refractivity contribution in [1.29, 1.82) is 0 Å². The number of nitrogens with one attached hydrogen (secondary N) is 1. The van der Waals surface area contributed by atoms with Gasteiger partial charge in [0.1, 0.15) is 5.52 Å². The maximum absolute atomic E-state index is 12.3. The van der Waals surface area contributed by atoms with E-state index in [1.165, 1.54) is 11.8 Å². The molecule has 162 valence electrons. The maximum atomic E-state index is 12.3. The Labute approximate surface area is 189 Å². The summed E-state index contributed by atoms with van der Waals surface area (Å²) in [4.78, 5) is 32.6. The van der Waals surface area contributed by atoms with Crippen LogP contribution in [0.15, 0.2) is 52.1 Å². The molecule has 1 aliphatic heterocycles. The third-order valence-corrected chi connectivity index (χ3v) is 6.17. The third-order valence-electron chi connectivity index (χ3n) is 5.11. The summed E-state index contributed by atoms with van der Waals surface area (Å²) in [5, 5.41) is 3.92. The summed E-state index contributed by atoms with van der Waals surface area (Å²) in [7, 11) is 0. The summed E-state index contributed by atoms with van der Waals surface area (Å²) in [5.74, 6) is 0.261. The quantitative estimate of drug-likeness (QED) is 0.556. The van der Waals surface area contributed by atoms with E-state index in [1.807, 2.05) is 36.1 Å². The molecule has 0 saturated carbocycles. The van der Waals surface area contributed by atoms with Crippen molar-refractivity contribution in [2.75, 3.05) is 42.1 Å². The number of anilines is 2. The lowest BCUT2D eigenvalue weighted by Crippen LogP contribution is -2.48. The van der Waals surface area contributed by atoms with Crippen molar-refractivity contribution < 1.29 is 14.0 Å². The summed E-state index contributed by atoms with van der Waals surface area (Å²) in [6, 6.07) is 13.0. The predicted octanol–water partition coefficient (Wildman–Crippen LogP) is 4.27. The van der Waals surface area contributed by atoms with Crippen molar-refractivity contribution in [3.63, 3.8) is 0 Å². The van der Waals surface area contributed by atoms with Crippen LogP contribution >= 0.6 is 23.4 Å². The van der Waals surface area contributed by atoms with Crippen LogP contribution in [0.4, 0.5) is 11.4 Å². The molecule has 2 amide bonds. The first-order valence-electron chi connectivity index (χ1n) is 10.1. The molecule has 0 radical (unpaired) electrons. The number of hydrogen-bond donors (Lipinski definition) is 1. The number of carbonyl (C=O) groups excluding carboxylic acids is 2. The lowest BCUT2D eigenvalue weighted by atomic mass is 10.2. The fourth-order valence-corrected chi connectivity index (χ4v) is 4.26. The Morgan fingerprint density at radius 2 is 1.87 bits per heavy atom. The first-order chi connectivity index (χ1) is 15.0. The molecule has 4 rings (SSSR count). The average Bonchev–Trinajstić information content (AvgIpc) is 3.20. The number of aromatic nitrogens is 1. The molecule has 1 aromatic heterocycles. The highest BCUT2D eigenvalue weighted by Crippen LogP contribution is 2.26. The molecule has 2 heterocycles. The van der Waals surface area contributed by atoms with Crippen LogP contribution in [0.1, 0.15) is 13.3 Å². The number of thioether (sulfide) groups is 1. The van der Waals surface area contributed by atoms with Gasteiger partial charge in [0.2, 0.25) is 11.8 Å². The molecule has 0 unspecified atom stereocenters. The second kappa shape index (κ2) is 9.62. The minimum absolute atomic E-state index is 0.135. The number of hydrogen-bond acceptors (Lipinski definition) is 6. The molecular weight excluding hydrogens is 436 g/mol. The third kappa shape index (κ3) is 5.32. The molecule has 2 aromatic carbocycles. The Balaban J connectivity index is 1.27. The summed E-state index contributed by atoms with van der Waals surface area (Å²) < 4.78 is 5.62. The van der Waals surface area contributed by atoms with E-state index in [-0.39, 0.29) is 17.6 Å². The van der Waals surface area contributed by atoms with Crippen molar-refractivity contribution in [2.45, 2.75) is 18.6 Å². The van der Waals surface area contributed by atoms with E-state index in [2.05, 4.69) is 15.2 Å². The van der Waals surface area contributed by atoms with Gasteiger partial charge < -0.3 is 19.5 Å². The van der Waals surface area contributed by atoms with Gasteiger partial charge in [-0.1, -0.05) is 30.3 Å². The number of oxazole rings is 1. The highest BCUT2D eigenvalue weighted by atomic mass is 35.5. The standard InChI is InChI=1S/C22H23ClN4O3S/c1-2-21(29)27-11-9-26(10-12-27)17-6-4-16(5-7-17)24-20(28)14-31-22-25-18-13-15(23)3-8-19(18)30-22/h3-8,13H,2,9-12,14H2,1H3,(H,24,28). The first kappa shape index (κ1) is 21.5. The number of benzene rings is 2. The number of nitrogens with zero attached hydrogens (tertiary/aromatic N) is 3. The van der Waals surface area contributed by atoms with Gasteiger partial charge >= 0.3 is 0 Å². The number of piperazine rings is 1. The van der Waals surface area contributed by atoms with Crippen LogP contribution < -0.4 is 10.2 Å². The van der Waals surface area contributed by atoms with E-state index in [4.69, 9.17) is 16.0 Å². The van der Waals surface area contributed by atoms with Gasteiger partial charge in [-0.3, -0.25) is 9.59 Å². The minimum atomic E-state index is -0.135. The van der Waals surface area contributed by atoms with Crippen LogP contribution in [0.2, 0.25) is 5.02 Å². The second-order valence-electron chi connectivity index (χ2n) is 7.20. The van der Waals surface area contributed by atoms with Crippen LogP contribution in [0, 0.1) is 0 Å². The highest BCUT2D eigenvalue weighted by molar-refractivity contribution is 7.99. The van der Waals surface area contributed by atoms with Crippen LogP contribution in [-0.4, -0.2) is 53.6 Å². The lowest BCUT2D eigenvalue weighted by molar-refractivity contribution is -0.131. The molecule has 1 fully saturated rings. The summed E-state index contributed by atoms with van der Waals surface area (Å²) in [6.07, 6.45) is 0.549. The number of fused-ring (bicyclic) bond motifs is 1. The van der Waals surface area contributed by atoms with Gasteiger partial charge in [-0.25, -0.2) is 4.98 Å². The van der Waals surface area contributed by atoms with Crippen molar-refractivity contribution >= 4 is 57.7 Å². The van der Waals surface area contributed by atoms with Crippen molar-refractivity contribution in [3.05, 3.63) is 47.5 Å². The fourth-order valence-electron chi connectivity index (χ4n) is 3.46. The monoisotopic (exact) mass is 458 g/mol. The van der Waals surface area contributed by atoms with E-state index in [0.29, 0.717) is 27.8 Å². The fraction of sp³-hybridized carbons (Fsp3) is 0.318. The summed E-state index contributed by atoms with van der Waals surface area (Å²) >= 11 is 7.20. The van der Waals surface area contributed by atoms with Crippen LogP contribution in [-0.2, 0) is 9.59 Å². The number of amides is 2. The van der Waals surface area contributed by atoms with Gasteiger partial charge in [-0.15, -0.1) is 0 Å². The molecule has 3 aromatic rings. The first-order valence-corrected chi connectivity index (χ1v) is 11.5. The normalized spacial score (nSPS) is 14.1. The van der Waals surface area contributed by atoms with Crippen molar-refractivity contribution in [3.8, 4) is 0 Å². The zero-order valence-corrected chi connectivity index (χ0v) is 18.7. The van der Waals surface area contributed by atoms with Gasteiger partial charge in [0.05, 0.1) is 5.75 Å². The van der Waals surface area contributed by atoms with Gasteiger partial charge in [0, 0.05) is 49.0 Å². The SMILES string of the molecule is CCC(=O)N1CCN(c2ccc(NC(=O)CSc3nc4cc(Cl)ccc4o3)cc2)CC1. The zero-order chi connectivity index (χ0) is 21.8. The molecule has 1 saturated heterocycles. The number of carbonyl (C=O) groups is 2. The molecule has 9 heteroatoms. The molecule has 0 bridgehead atoms. The molecule has 0 aliphatic carbocycles. The Morgan fingerprint density at radius 1 is 1.13 bits per heavy atom. The molecule has 1 aliphatic rings. The van der Waals surface area contributed by atoms with E-state index >= 15 is 0 Å². The summed E-state index contributed by atoms with van der Waals surface area (Å²) in [6.45, 7) is 4.99. The topological polar surface area (TPSA) is 78.7 Å².